The van der Waals surface area contributed by atoms with Crippen LogP contribution in [-0.2, 0) is 13.0 Å². The first kappa shape index (κ1) is 21.6. The molecule has 35 heavy (non-hydrogen) atoms. The van der Waals surface area contributed by atoms with E-state index in [1.165, 1.54) is 5.56 Å². The number of imidazole rings is 1. The van der Waals surface area contributed by atoms with Gasteiger partial charge in [-0.05, 0) is 56.2 Å². The zero-order valence-corrected chi connectivity index (χ0v) is 20.6. The molecule has 2 aromatic carbocycles. The second kappa shape index (κ2) is 8.67. The minimum atomic E-state index is 0.392. The molecule has 0 N–H and O–H groups in total. The van der Waals surface area contributed by atoms with Gasteiger partial charge in [-0.1, -0.05) is 36.8 Å². The highest BCUT2D eigenvalue weighted by atomic mass is 32.1. The van der Waals surface area contributed by atoms with Crippen LogP contribution in [0.4, 0.5) is 0 Å². The van der Waals surface area contributed by atoms with Gasteiger partial charge in [-0.25, -0.2) is 14.5 Å². The third kappa shape index (κ3) is 4.19. The predicted molar refractivity (Wildman–Crippen MR) is 139 cm³/mol. The molecular formula is C28H24N4O2S. The van der Waals surface area contributed by atoms with E-state index >= 15 is 0 Å². The number of nitrogens with zero attached hydrogens (tertiary/aromatic N) is 4. The maximum Gasteiger partial charge on any atom is 0.155 e. The van der Waals surface area contributed by atoms with Crippen molar-refractivity contribution < 1.29 is 9.15 Å². The van der Waals surface area contributed by atoms with Crippen LogP contribution in [0, 0.1) is 13.8 Å². The first-order chi connectivity index (χ1) is 17.1. The number of fused-ring (bicyclic) bond motifs is 2. The predicted octanol–water partition coefficient (Wildman–Crippen LogP) is 7.02. The summed E-state index contributed by atoms with van der Waals surface area (Å²) in [5.41, 5.74) is 7.67. The van der Waals surface area contributed by atoms with E-state index in [1.807, 2.05) is 31.3 Å². The first-order valence-electron chi connectivity index (χ1n) is 11.6. The van der Waals surface area contributed by atoms with Gasteiger partial charge < -0.3 is 9.15 Å². The van der Waals surface area contributed by atoms with Gasteiger partial charge in [0.25, 0.3) is 0 Å². The lowest BCUT2D eigenvalue weighted by molar-refractivity contribution is 0.305. The standard InChI is InChI=1S/C28H24N4O2S/c1-4-19-11-24(33-15-21-16-35-28(29-21)20-8-5-17(2)6-9-20)22-13-26(34-25(22)12-19)23-14-32-27(30-23)10-7-18(3)31-32/h5-14,16H,4,15H2,1-3H3. The summed E-state index contributed by atoms with van der Waals surface area (Å²) in [4.78, 5) is 9.46. The van der Waals surface area contributed by atoms with Gasteiger partial charge >= 0.3 is 0 Å². The summed E-state index contributed by atoms with van der Waals surface area (Å²) in [6.07, 6.45) is 2.78. The number of ether oxygens (including phenoxy) is 1. The van der Waals surface area contributed by atoms with Gasteiger partial charge in [0, 0.05) is 10.9 Å². The topological polar surface area (TPSA) is 65.5 Å². The Hall–Kier alpha value is -3.97. The molecule has 0 atom stereocenters. The van der Waals surface area contributed by atoms with Crippen molar-refractivity contribution in [1.29, 1.82) is 0 Å². The van der Waals surface area contributed by atoms with Crippen molar-refractivity contribution in [2.24, 2.45) is 0 Å². The number of benzene rings is 2. The highest BCUT2D eigenvalue weighted by Crippen LogP contribution is 2.35. The van der Waals surface area contributed by atoms with Crippen molar-refractivity contribution in [2.75, 3.05) is 0 Å². The summed E-state index contributed by atoms with van der Waals surface area (Å²) in [7, 11) is 0. The molecule has 4 aromatic heterocycles. The van der Waals surface area contributed by atoms with Gasteiger partial charge in [0.05, 0.1) is 23.0 Å². The van der Waals surface area contributed by atoms with Crippen LogP contribution < -0.4 is 4.74 Å². The van der Waals surface area contributed by atoms with Crippen LogP contribution in [-0.4, -0.2) is 19.6 Å². The molecule has 6 aromatic rings. The maximum absolute atomic E-state index is 6.29. The molecule has 0 bridgehead atoms. The second-order valence-electron chi connectivity index (χ2n) is 8.67. The Labute approximate surface area is 206 Å². The molecule has 0 aliphatic carbocycles. The zero-order valence-electron chi connectivity index (χ0n) is 19.8. The Kier molecular flexibility index (Phi) is 5.34. The molecule has 0 saturated carbocycles. The number of aromatic nitrogens is 4. The Morgan fingerprint density at radius 3 is 2.69 bits per heavy atom. The molecule has 4 heterocycles. The highest BCUT2D eigenvalue weighted by Gasteiger charge is 2.16. The molecule has 0 aliphatic heterocycles. The van der Waals surface area contributed by atoms with E-state index < -0.39 is 0 Å². The quantitative estimate of drug-likeness (QED) is 0.256. The highest BCUT2D eigenvalue weighted by molar-refractivity contribution is 7.13. The summed E-state index contributed by atoms with van der Waals surface area (Å²) in [6.45, 7) is 6.56. The van der Waals surface area contributed by atoms with E-state index in [1.54, 1.807) is 15.9 Å². The molecule has 6 rings (SSSR count). The van der Waals surface area contributed by atoms with E-state index in [9.17, 15) is 0 Å². The van der Waals surface area contributed by atoms with Gasteiger partial charge in [-0.15, -0.1) is 11.3 Å². The number of hydrogen-bond acceptors (Lipinski definition) is 6. The third-order valence-electron chi connectivity index (χ3n) is 6.00. The summed E-state index contributed by atoms with van der Waals surface area (Å²) in [5, 5.41) is 8.47. The maximum atomic E-state index is 6.29. The second-order valence-corrected chi connectivity index (χ2v) is 9.53. The van der Waals surface area contributed by atoms with Crippen LogP contribution in [0.3, 0.4) is 0 Å². The SMILES string of the molecule is CCc1cc(OCc2csc(-c3ccc(C)cc3)n2)c2cc(-c3cn4nc(C)ccc4n3)oc2c1. The average molecular weight is 481 g/mol. The Balaban J connectivity index is 1.30. The van der Waals surface area contributed by atoms with E-state index in [4.69, 9.17) is 14.1 Å². The van der Waals surface area contributed by atoms with Crippen LogP contribution in [0.25, 0.3) is 38.6 Å². The normalized spacial score (nSPS) is 11.5. The third-order valence-corrected chi connectivity index (χ3v) is 6.94. The molecule has 174 valence electrons. The smallest absolute Gasteiger partial charge is 0.155 e. The van der Waals surface area contributed by atoms with E-state index in [-0.39, 0.29) is 0 Å². The van der Waals surface area contributed by atoms with Gasteiger partial charge in [0.2, 0.25) is 0 Å². The summed E-state index contributed by atoms with van der Waals surface area (Å²) in [6, 6.07) is 18.5. The minimum Gasteiger partial charge on any atom is -0.486 e. The fourth-order valence-electron chi connectivity index (χ4n) is 4.06. The van der Waals surface area contributed by atoms with Crippen molar-refractivity contribution in [1.82, 2.24) is 19.6 Å². The number of hydrogen-bond donors (Lipinski definition) is 0. The lowest BCUT2D eigenvalue weighted by Gasteiger charge is -2.07. The van der Waals surface area contributed by atoms with E-state index in [2.05, 4.69) is 65.7 Å². The molecule has 0 unspecified atom stereocenters. The number of furan rings is 1. The Morgan fingerprint density at radius 1 is 1.00 bits per heavy atom. The number of thiazole rings is 1. The summed E-state index contributed by atoms with van der Waals surface area (Å²) in [5.74, 6) is 1.48. The van der Waals surface area contributed by atoms with Crippen LogP contribution in [0.5, 0.6) is 5.75 Å². The van der Waals surface area contributed by atoms with E-state index in [0.717, 1.165) is 62.0 Å². The fourth-order valence-corrected chi connectivity index (χ4v) is 4.87. The van der Waals surface area contributed by atoms with Crippen LogP contribution in [0.1, 0.15) is 29.4 Å². The van der Waals surface area contributed by atoms with Crippen molar-refractivity contribution >= 4 is 28.0 Å². The molecule has 0 radical (unpaired) electrons. The van der Waals surface area contributed by atoms with Crippen molar-refractivity contribution in [2.45, 2.75) is 33.8 Å². The van der Waals surface area contributed by atoms with Crippen molar-refractivity contribution in [3.8, 4) is 27.8 Å². The molecule has 0 amide bonds. The lowest BCUT2D eigenvalue weighted by Crippen LogP contribution is -1.97. The number of rotatable bonds is 6. The van der Waals surface area contributed by atoms with Gasteiger partial charge in [-0.3, -0.25) is 0 Å². The monoisotopic (exact) mass is 480 g/mol. The van der Waals surface area contributed by atoms with Crippen LogP contribution in [0.2, 0.25) is 0 Å². The molecule has 0 fully saturated rings. The lowest BCUT2D eigenvalue weighted by atomic mass is 10.1. The van der Waals surface area contributed by atoms with Gasteiger partial charge in [-0.2, -0.15) is 5.10 Å². The average Bonchev–Trinajstić information content (AvgIpc) is 3.60. The first-order valence-corrected chi connectivity index (χ1v) is 12.5. The van der Waals surface area contributed by atoms with Crippen molar-refractivity contribution in [3.05, 3.63) is 88.7 Å². The van der Waals surface area contributed by atoms with Gasteiger partial charge in [0.15, 0.2) is 11.4 Å². The summed E-state index contributed by atoms with van der Waals surface area (Å²) >= 11 is 1.63. The molecule has 0 spiro atoms. The number of aryl methyl sites for hydroxylation is 3. The minimum absolute atomic E-state index is 0.392. The van der Waals surface area contributed by atoms with E-state index in [0.29, 0.717) is 12.4 Å². The van der Waals surface area contributed by atoms with Crippen LogP contribution in [0.15, 0.2) is 70.6 Å². The largest absolute Gasteiger partial charge is 0.486 e. The molecule has 0 aliphatic rings. The molecule has 7 heteroatoms. The van der Waals surface area contributed by atoms with Crippen LogP contribution >= 0.6 is 11.3 Å². The Bertz CT molecular complexity index is 1660. The zero-order chi connectivity index (χ0) is 23.9. The molecular weight excluding hydrogens is 456 g/mol. The van der Waals surface area contributed by atoms with Crippen molar-refractivity contribution in [3.63, 3.8) is 0 Å². The molecule has 0 saturated heterocycles. The Morgan fingerprint density at radius 2 is 1.86 bits per heavy atom. The fraction of sp³-hybridized carbons (Fsp3) is 0.179. The summed E-state index contributed by atoms with van der Waals surface area (Å²) < 4.78 is 14.3. The molecule has 6 nitrogen and oxygen atoms in total. The van der Waals surface area contributed by atoms with Gasteiger partial charge in [0.1, 0.15) is 28.6 Å².